The van der Waals surface area contributed by atoms with Crippen LogP contribution >= 0.6 is 0 Å². The zero-order valence-corrected chi connectivity index (χ0v) is 14.4. The van der Waals surface area contributed by atoms with Gasteiger partial charge in [0.15, 0.2) is 0 Å². The summed E-state index contributed by atoms with van der Waals surface area (Å²) in [6, 6.07) is -0.129. The van der Waals surface area contributed by atoms with Crippen LogP contribution in [0.25, 0.3) is 0 Å². The Labute approximate surface area is 145 Å². The number of hydrogen-bond donors (Lipinski definition) is 2. The Hall–Kier alpha value is -2.64. The van der Waals surface area contributed by atoms with Crippen molar-refractivity contribution in [2.75, 3.05) is 0 Å². The second kappa shape index (κ2) is 6.02. The van der Waals surface area contributed by atoms with Gasteiger partial charge in [0, 0.05) is 37.6 Å². The van der Waals surface area contributed by atoms with Crippen molar-refractivity contribution in [1.82, 2.24) is 30.0 Å². The van der Waals surface area contributed by atoms with Crippen LogP contribution in [0.5, 0.6) is 0 Å². The Balaban J connectivity index is 1.65. The molecule has 1 saturated carbocycles. The van der Waals surface area contributed by atoms with Crippen LogP contribution in [0.1, 0.15) is 53.6 Å². The van der Waals surface area contributed by atoms with Gasteiger partial charge in [-0.3, -0.25) is 14.7 Å². The number of imidazole rings is 1. The lowest BCUT2D eigenvalue weighted by Gasteiger charge is -2.41. The van der Waals surface area contributed by atoms with Crippen LogP contribution in [0.2, 0.25) is 0 Å². The number of amides is 2. The molecule has 0 aromatic carbocycles. The fourth-order valence-electron chi connectivity index (χ4n) is 3.64. The van der Waals surface area contributed by atoms with E-state index in [-0.39, 0.29) is 29.9 Å². The van der Waals surface area contributed by atoms with Crippen molar-refractivity contribution in [3.05, 3.63) is 35.7 Å². The summed E-state index contributed by atoms with van der Waals surface area (Å²) in [4.78, 5) is 31.6. The maximum Gasteiger partial charge on any atom is 0.255 e. The van der Waals surface area contributed by atoms with E-state index in [0.29, 0.717) is 18.4 Å². The molecule has 2 fully saturated rings. The first-order valence-corrected chi connectivity index (χ1v) is 8.65. The minimum absolute atomic E-state index is 0.153. The molecule has 0 radical (unpaired) electrons. The number of hydrogen-bond acceptors (Lipinski definition) is 4. The van der Waals surface area contributed by atoms with Crippen LogP contribution in [0.15, 0.2) is 18.6 Å². The minimum Gasteiger partial charge on any atom is -0.347 e. The molecule has 1 aliphatic carbocycles. The van der Waals surface area contributed by atoms with E-state index in [4.69, 9.17) is 0 Å². The molecule has 2 atom stereocenters. The molecule has 1 aliphatic heterocycles. The van der Waals surface area contributed by atoms with Crippen molar-refractivity contribution >= 4 is 11.8 Å². The Morgan fingerprint density at radius 3 is 2.76 bits per heavy atom. The van der Waals surface area contributed by atoms with Crippen LogP contribution in [0.3, 0.4) is 0 Å². The number of aryl methyl sites for hydroxylation is 2. The molecule has 0 bridgehead atoms. The lowest BCUT2D eigenvalue weighted by Crippen LogP contribution is -2.53. The van der Waals surface area contributed by atoms with Gasteiger partial charge in [-0.05, 0) is 26.2 Å². The van der Waals surface area contributed by atoms with Crippen LogP contribution in [-0.4, -0.2) is 48.5 Å². The van der Waals surface area contributed by atoms with E-state index in [1.165, 1.54) is 6.20 Å². The third-order valence-electron chi connectivity index (χ3n) is 5.09. The van der Waals surface area contributed by atoms with E-state index in [1.54, 1.807) is 6.20 Å². The molecular formula is C17H22N6O2. The van der Waals surface area contributed by atoms with Gasteiger partial charge in [0.05, 0.1) is 17.8 Å². The highest BCUT2D eigenvalue weighted by molar-refractivity contribution is 5.95. The topological polar surface area (TPSA) is 95.9 Å². The number of piperidine rings is 1. The maximum absolute atomic E-state index is 12.7. The van der Waals surface area contributed by atoms with Crippen molar-refractivity contribution in [2.24, 2.45) is 7.05 Å². The molecular weight excluding hydrogens is 320 g/mol. The number of rotatable bonds is 4. The first-order chi connectivity index (χ1) is 12.1. The van der Waals surface area contributed by atoms with E-state index < -0.39 is 0 Å². The zero-order valence-electron chi connectivity index (χ0n) is 14.4. The molecule has 2 aromatic heterocycles. The maximum atomic E-state index is 12.7. The van der Waals surface area contributed by atoms with Crippen molar-refractivity contribution in [1.29, 1.82) is 0 Å². The van der Waals surface area contributed by atoms with Gasteiger partial charge in [-0.15, -0.1) is 0 Å². The third-order valence-corrected chi connectivity index (χ3v) is 5.09. The van der Waals surface area contributed by atoms with Crippen LogP contribution in [-0.2, 0) is 11.8 Å². The Bertz CT molecular complexity index is 806. The lowest BCUT2D eigenvalue weighted by molar-refractivity contribution is -0.138. The molecule has 1 saturated heterocycles. The summed E-state index contributed by atoms with van der Waals surface area (Å²) >= 11 is 0. The molecule has 4 rings (SSSR count). The summed E-state index contributed by atoms with van der Waals surface area (Å²) in [7, 11) is 1.92. The highest BCUT2D eigenvalue weighted by Gasteiger charge is 2.46. The molecule has 8 nitrogen and oxygen atoms in total. The molecule has 0 spiro atoms. The number of H-pyrrole nitrogens is 1. The van der Waals surface area contributed by atoms with Gasteiger partial charge in [0.2, 0.25) is 5.91 Å². The fraction of sp³-hybridized carbons (Fsp3) is 0.529. The second-order valence-corrected chi connectivity index (χ2v) is 6.90. The van der Waals surface area contributed by atoms with Crippen LogP contribution < -0.4 is 5.32 Å². The lowest BCUT2D eigenvalue weighted by atomic mass is 9.94. The molecule has 3 heterocycles. The van der Waals surface area contributed by atoms with Gasteiger partial charge in [-0.2, -0.15) is 5.10 Å². The smallest absolute Gasteiger partial charge is 0.255 e. The Morgan fingerprint density at radius 2 is 2.16 bits per heavy atom. The highest BCUT2D eigenvalue weighted by atomic mass is 16.2. The first-order valence-electron chi connectivity index (χ1n) is 8.65. The highest BCUT2D eigenvalue weighted by Crippen LogP contribution is 2.40. The summed E-state index contributed by atoms with van der Waals surface area (Å²) in [6.07, 6.45) is 8.25. The summed E-state index contributed by atoms with van der Waals surface area (Å²) in [5.74, 6) is 0.801. The molecule has 2 N–H and O–H groups in total. The van der Waals surface area contributed by atoms with Crippen molar-refractivity contribution in [2.45, 2.75) is 50.7 Å². The van der Waals surface area contributed by atoms with Gasteiger partial charge in [-0.1, -0.05) is 0 Å². The predicted octanol–water partition coefficient (Wildman–Crippen LogP) is 1.08. The Morgan fingerprint density at radius 1 is 1.36 bits per heavy atom. The standard InChI is InChI=1S/C17H22N6O2/c1-10-12(9-19-21-10)17(25)20-13-5-6-14(24)23(11-3-4-11)15(13)16-18-7-8-22(16)2/h7-9,11,13,15H,3-6H2,1-2H3,(H,19,21)(H,20,25)/t13-,15-/m1/s1. The van der Waals surface area contributed by atoms with E-state index in [2.05, 4.69) is 20.5 Å². The van der Waals surface area contributed by atoms with Gasteiger partial charge in [-0.25, -0.2) is 4.98 Å². The van der Waals surface area contributed by atoms with Gasteiger partial charge in [0.25, 0.3) is 5.91 Å². The third kappa shape index (κ3) is 2.81. The predicted molar refractivity (Wildman–Crippen MR) is 89.6 cm³/mol. The quantitative estimate of drug-likeness (QED) is 0.869. The van der Waals surface area contributed by atoms with Crippen molar-refractivity contribution in [3.63, 3.8) is 0 Å². The number of aromatic nitrogens is 4. The van der Waals surface area contributed by atoms with E-state index in [1.807, 2.05) is 29.6 Å². The van der Waals surface area contributed by atoms with Crippen LogP contribution in [0, 0.1) is 6.92 Å². The average Bonchev–Trinajstić information content (AvgIpc) is 3.19. The summed E-state index contributed by atoms with van der Waals surface area (Å²) in [6.45, 7) is 1.82. The number of carbonyl (C=O) groups is 2. The van der Waals surface area contributed by atoms with E-state index in [0.717, 1.165) is 24.4 Å². The van der Waals surface area contributed by atoms with Gasteiger partial charge in [0.1, 0.15) is 11.9 Å². The molecule has 2 aromatic rings. The molecule has 2 aliphatic rings. The monoisotopic (exact) mass is 342 g/mol. The number of carbonyl (C=O) groups excluding carboxylic acids is 2. The zero-order chi connectivity index (χ0) is 17.6. The molecule has 8 heteroatoms. The molecule has 25 heavy (non-hydrogen) atoms. The Kier molecular flexibility index (Phi) is 3.82. The largest absolute Gasteiger partial charge is 0.347 e. The average molecular weight is 342 g/mol. The minimum atomic E-state index is -0.232. The van der Waals surface area contributed by atoms with E-state index >= 15 is 0 Å². The summed E-state index contributed by atoms with van der Waals surface area (Å²) in [5.41, 5.74) is 1.27. The van der Waals surface area contributed by atoms with E-state index in [9.17, 15) is 9.59 Å². The van der Waals surface area contributed by atoms with Crippen molar-refractivity contribution < 1.29 is 9.59 Å². The second-order valence-electron chi connectivity index (χ2n) is 6.90. The number of nitrogens with zero attached hydrogens (tertiary/aromatic N) is 4. The van der Waals surface area contributed by atoms with Gasteiger partial charge >= 0.3 is 0 Å². The number of aromatic amines is 1. The summed E-state index contributed by atoms with van der Waals surface area (Å²) in [5, 5.41) is 9.82. The molecule has 132 valence electrons. The molecule has 0 unspecified atom stereocenters. The summed E-state index contributed by atoms with van der Waals surface area (Å²) < 4.78 is 1.93. The normalized spacial score (nSPS) is 23.8. The first kappa shape index (κ1) is 15.9. The number of nitrogens with one attached hydrogen (secondary N) is 2. The van der Waals surface area contributed by atoms with Crippen molar-refractivity contribution in [3.8, 4) is 0 Å². The SMILES string of the molecule is Cc1[nH]ncc1C(=O)N[C@@H]1CCC(=O)N(C2CC2)[C@H]1c1nccn1C. The molecule has 2 amide bonds. The fourth-order valence-corrected chi connectivity index (χ4v) is 3.64. The van der Waals surface area contributed by atoms with Crippen LogP contribution in [0.4, 0.5) is 0 Å². The van der Waals surface area contributed by atoms with Gasteiger partial charge < -0.3 is 14.8 Å². The number of likely N-dealkylation sites (tertiary alicyclic amines) is 1.